The summed E-state index contributed by atoms with van der Waals surface area (Å²) in [5.41, 5.74) is -0.604. The molecule has 0 aromatic heterocycles. The average Bonchev–Trinajstić information content (AvgIpc) is 2.34. The molecule has 1 unspecified atom stereocenters. The summed E-state index contributed by atoms with van der Waals surface area (Å²) in [6.45, 7) is 1.84. The van der Waals surface area contributed by atoms with E-state index in [4.69, 9.17) is 11.7 Å². The Hall–Kier alpha value is -2.14. The van der Waals surface area contributed by atoms with Crippen molar-refractivity contribution in [3.05, 3.63) is 29.3 Å². The zero-order valence-electron chi connectivity index (χ0n) is 9.67. The highest BCUT2D eigenvalue weighted by Crippen LogP contribution is 2.31. The molecule has 18 heavy (non-hydrogen) atoms. The van der Waals surface area contributed by atoms with Gasteiger partial charge in [0.15, 0.2) is 0 Å². The quantitative estimate of drug-likeness (QED) is 0.837. The fourth-order valence-electron chi connectivity index (χ4n) is 1.39. The first kappa shape index (κ1) is 13.9. The maximum Gasteiger partial charge on any atom is 0.416 e. The first-order valence-electron chi connectivity index (χ1n) is 5.26. The predicted molar refractivity (Wildman–Crippen MR) is 62.7 cm³/mol. The van der Waals surface area contributed by atoms with Crippen molar-refractivity contribution in [2.75, 3.05) is 5.32 Å². The minimum Gasteiger partial charge on any atom is -0.370 e. The smallest absolute Gasteiger partial charge is 0.370 e. The topological polar surface area (TPSA) is 35.8 Å². The van der Waals surface area contributed by atoms with Gasteiger partial charge in [-0.1, -0.05) is 12.8 Å². The summed E-state index contributed by atoms with van der Waals surface area (Å²) < 4.78 is 37.4. The number of rotatable bonds is 3. The lowest BCUT2D eigenvalue weighted by atomic mass is 10.1. The second-order valence-electron chi connectivity index (χ2n) is 3.64. The van der Waals surface area contributed by atoms with Crippen LogP contribution in [-0.4, -0.2) is 6.04 Å². The number of nitrogens with zero attached hydrogens (tertiary/aromatic N) is 1. The molecule has 1 rings (SSSR count). The predicted octanol–water partition coefficient (Wildman–Crippen LogP) is 3.40. The average molecular weight is 252 g/mol. The van der Waals surface area contributed by atoms with Crippen LogP contribution in [0, 0.1) is 23.7 Å². The molecule has 0 fully saturated rings. The molecule has 0 saturated heterocycles. The van der Waals surface area contributed by atoms with E-state index in [2.05, 4.69) is 11.2 Å². The van der Waals surface area contributed by atoms with E-state index >= 15 is 0 Å². The van der Waals surface area contributed by atoms with Gasteiger partial charge in [0.2, 0.25) is 0 Å². The number of halogens is 3. The van der Waals surface area contributed by atoms with Crippen LogP contribution in [0.3, 0.4) is 0 Å². The molecule has 2 nitrogen and oxygen atoms in total. The molecule has 1 N–H and O–H groups in total. The summed E-state index contributed by atoms with van der Waals surface area (Å²) >= 11 is 0. The van der Waals surface area contributed by atoms with Gasteiger partial charge in [0.05, 0.1) is 22.9 Å². The van der Waals surface area contributed by atoms with E-state index in [1.54, 1.807) is 6.07 Å². The monoisotopic (exact) mass is 252 g/mol. The number of nitriles is 1. The van der Waals surface area contributed by atoms with Gasteiger partial charge in [-0.25, -0.2) is 0 Å². The van der Waals surface area contributed by atoms with E-state index in [1.807, 2.05) is 6.92 Å². The van der Waals surface area contributed by atoms with Crippen LogP contribution in [0.2, 0.25) is 0 Å². The summed E-state index contributed by atoms with van der Waals surface area (Å²) in [7, 11) is 0. The van der Waals surface area contributed by atoms with Crippen LogP contribution in [0.25, 0.3) is 0 Å². The molecule has 0 spiro atoms. The number of anilines is 1. The fraction of sp³-hybridized carbons (Fsp3) is 0.308. The van der Waals surface area contributed by atoms with Gasteiger partial charge in [-0.05, 0) is 24.6 Å². The Morgan fingerprint density at radius 2 is 2.11 bits per heavy atom. The maximum absolute atomic E-state index is 12.5. The lowest BCUT2D eigenvalue weighted by Crippen LogP contribution is -2.17. The summed E-state index contributed by atoms with van der Waals surface area (Å²) in [6.07, 6.45) is 1.40. The third-order valence-corrected chi connectivity index (χ3v) is 2.41. The number of benzene rings is 1. The second-order valence-corrected chi connectivity index (χ2v) is 3.64. The molecular weight excluding hydrogens is 241 g/mol. The van der Waals surface area contributed by atoms with Gasteiger partial charge < -0.3 is 5.32 Å². The number of terminal acetylenes is 1. The Kier molecular flexibility index (Phi) is 4.23. The maximum atomic E-state index is 12.5. The Labute approximate surface area is 103 Å². The number of alkyl halides is 3. The largest absolute Gasteiger partial charge is 0.416 e. The minimum atomic E-state index is -4.46. The van der Waals surface area contributed by atoms with Crippen molar-refractivity contribution >= 4 is 5.69 Å². The van der Waals surface area contributed by atoms with Gasteiger partial charge in [0.25, 0.3) is 0 Å². The molecule has 0 aliphatic carbocycles. The van der Waals surface area contributed by atoms with Crippen molar-refractivity contribution in [3.8, 4) is 18.4 Å². The van der Waals surface area contributed by atoms with Crippen LogP contribution in [0.1, 0.15) is 24.5 Å². The summed E-state index contributed by atoms with van der Waals surface area (Å²) in [5, 5.41) is 11.7. The zero-order valence-corrected chi connectivity index (χ0v) is 9.67. The van der Waals surface area contributed by atoms with Crippen molar-refractivity contribution in [3.63, 3.8) is 0 Å². The van der Waals surface area contributed by atoms with E-state index in [1.165, 1.54) is 6.07 Å². The van der Waals surface area contributed by atoms with Crippen LogP contribution in [0.15, 0.2) is 18.2 Å². The molecule has 1 aromatic rings. The molecule has 0 aliphatic heterocycles. The van der Waals surface area contributed by atoms with Crippen molar-refractivity contribution in [1.82, 2.24) is 0 Å². The fourth-order valence-corrected chi connectivity index (χ4v) is 1.39. The molecule has 0 radical (unpaired) electrons. The van der Waals surface area contributed by atoms with Gasteiger partial charge in [0.1, 0.15) is 6.07 Å². The summed E-state index contributed by atoms with van der Waals surface area (Å²) in [6, 6.07) is 4.38. The van der Waals surface area contributed by atoms with E-state index in [0.29, 0.717) is 12.1 Å². The van der Waals surface area contributed by atoms with E-state index in [9.17, 15) is 13.2 Å². The molecule has 1 atom stereocenters. The molecule has 0 aliphatic rings. The summed E-state index contributed by atoms with van der Waals surface area (Å²) in [4.78, 5) is 0. The van der Waals surface area contributed by atoms with E-state index < -0.39 is 11.7 Å². The van der Waals surface area contributed by atoms with Crippen molar-refractivity contribution in [1.29, 1.82) is 5.26 Å². The number of nitrogens with one attached hydrogen (secondary N) is 1. The van der Waals surface area contributed by atoms with Crippen molar-refractivity contribution < 1.29 is 13.2 Å². The molecule has 94 valence electrons. The Balaban J connectivity index is 3.10. The van der Waals surface area contributed by atoms with Crippen LogP contribution >= 0.6 is 0 Å². The molecule has 1 aromatic carbocycles. The third kappa shape index (κ3) is 3.18. The van der Waals surface area contributed by atoms with Crippen molar-refractivity contribution in [2.45, 2.75) is 25.6 Å². The highest BCUT2D eigenvalue weighted by atomic mass is 19.4. The standard InChI is InChI=1S/C13H11F3N2/c1-3-11(4-2)18-12-6-5-10(13(14,15)16)7-9(12)8-17/h1,5-7,11,18H,4H2,2H3. The highest BCUT2D eigenvalue weighted by Gasteiger charge is 2.31. The lowest BCUT2D eigenvalue weighted by Gasteiger charge is -2.15. The molecule has 0 heterocycles. The van der Waals surface area contributed by atoms with Gasteiger partial charge in [0, 0.05) is 0 Å². The molecule has 0 bridgehead atoms. The Bertz CT molecular complexity index is 506. The molecule has 0 saturated carbocycles. The first-order valence-corrected chi connectivity index (χ1v) is 5.26. The van der Waals surface area contributed by atoms with Crippen LogP contribution in [0.4, 0.5) is 18.9 Å². The van der Waals surface area contributed by atoms with Crippen molar-refractivity contribution in [2.24, 2.45) is 0 Å². The normalized spacial score (nSPS) is 12.3. The third-order valence-electron chi connectivity index (χ3n) is 2.41. The first-order chi connectivity index (χ1) is 8.42. The molecule has 0 amide bonds. The number of hydrogen-bond acceptors (Lipinski definition) is 2. The lowest BCUT2D eigenvalue weighted by molar-refractivity contribution is -0.137. The van der Waals surface area contributed by atoms with E-state index in [0.717, 1.165) is 12.1 Å². The second kappa shape index (κ2) is 5.46. The minimum absolute atomic E-state index is 0.0708. The molecular formula is C13H11F3N2. The van der Waals surface area contributed by atoms with Gasteiger partial charge in [-0.2, -0.15) is 18.4 Å². The van der Waals surface area contributed by atoms with Gasteiger partial charge >= 0.3 is 6.18 Å². The highest BCUT2D eigenvalue weighted by molar-refractivity contribution is 5.60. The van der Waals surface area contributed by atoms with E-state index in [-0.39, 0.29) is 11.6 Å². The molecule has 5 heteroatoms. The van der Waals surface area contributed by atoms with Gasteiger partial charge in [-0.15, -0.1) is 6.42 Å². The van der Waals surface area contributed by atoms with Crippen LogP contribution < -0.4 is 5.32 Å². The van der Waals surface area contributed by atoms with Crippen LogP contribution in [0.5, 0.6) is 0 Å². The Morgan fingerprint density at radius 1 is 1.44 bits per heavy atom. The number of hydrogen-bond donors (Lipinski definition) is 1. The SMILES string of the molecule is C#CC(CC)Nc1ccc(C(F)(F)F)cc1C#N. The summed E-state index contributed by atoms with van der Waals surface area (Å²) in [5.74, 6) is 2.45. The van der Waals surface area contributed by atoms with Crippen LogP contribution in [-0.2, 0) is 6.18 Å². The van der Waals surface area contributed by atoms with Gasteiger partial charge in [-0.3, -0.25) is 0 Å². The zero-order chi connectivity index (χ0) is 13.8. The Morgan fingerprint density at radius 3 is 2.56 bits per heavy atom.